The van der Waals surface area contributed by atoms with Gasteiger partial charge in [-0.25, -0.2) is 4.79 Å². The minimum Gasteiger partial charge on any atom is -0.496 e. The molecule has 4 rings (SSSR count). The number of benzene rings is 2. The Hall–Kier alpha value is -4.54. The summed E-state index contributed by atoms with van der Waals surface area (Å²) in [7, 11) is 5.22. The normalized spacial score (nSPS) is 17.9. The minimum absolute atomic E-state index is 0.0508. The molecule has 2 aliphatic rings. The van der Waals surface area contributed by atoms with Crippen molar-refractivity contribution in [3.05, 3.63) is 93.3 Å². The van der Waals surface area contributed by atoms with E-state index in [0.29, 0.717) is 24.7 Å². The van der Waals surface area contributed by atoms with E-state index in [2.05, 4.69) is 115 Å². The van der Waals surface area contributed by atoms with Crippen LogP contribution < -0.4 is 9.47 Å². The first-order chi connectivity index (χ1) is 26.0. The van der Waals surface area contributed by atoms with Gasteiger partial charge in [0.15, 0.2) is 0 Å². The summed E-state index contributed by atoms with van der Waals surface area (Å²) in [4.78, 5) is 33.3. The van der Waals surface area contributed by atoms with E-state index >= 15 is 0 Å². The molecule has 2 aromatic rings. The maximum absolute atomic E-state index is 13.5. The average Bonchev–Trinajstić information content (AvgIpc) is 3.13. The van der Waals surface area contributed by atoms with E-state index in [9.17, 15) is 9.59 Å². The second-order valence-electron chi connectivity index (χ2n) is 16.2. The highest BCUT2D eigenvalue weighted by molar-refractivity contribution is 5.98. The van der Waals surface area contributed by atoms with E-state index in [0.717, 1.165) is 66.4 Å². The highest BCUT2D eigenvalue weighted by Crippen LogP contribution is 2.38. The number of methoxy groups -OCH3 is 2. The van der Waals surface area contributed by atoms with Gasteiger partial charge in [-0.1, -0.05) is 76.8 Å². The van der Waals surface area contributed by atoms with Crippen molar-refractivity contribution in [3.63, 3.8) is 0 Å². The van der Waals surface area contributed by atoms with Crippen LogP contribution in [0.25, 0.3) is 5.57 Å². The molecule has 55 heavy (non-hydrogen) atoms. The number of carbonyl (C=O) groups is 1. The van der Waals surface area contributed by atoms with Gasteiger partial charge in [0.2, 0.25) is 0 Å². The summed E-state index contributed by atoms with van der Waals surface area (Å²) in [6.07, 6.45) is 13.1. The minimum atomic E-state index is -0.175. The average molecular weight is 751 g/mol. The summed E-state index contributed by atoms with van der Waals surface area (Å²) in [6, 6.07) is 11.0. The number of ether oxygens (including phenoxy) is 2. The number of hydrogen-bond donors (Lipinski definition) is 0. The van der Waals surface area contributed by atoms with Gasteiger partial charge in [0.05, 0.1) is 37.6 Å². The molecule has 0 saturated carbocycles. The lowest BCUT2D eigenvalue weighted by Gasteiger charge is -2.41. The second-order valence-corrected chi connectivity index (χ2v) is 16.2. The van der Waals surface area contributed by atoms with Crippen LogP contribution in [0, 0.1) is 17.8 Å². The molecule has 8 heteroatoms. The lowest BCUT2D eigenvalue weighted by atomic mass is 9.88. The highest BCUT2D eigenvalue weighted by atomic mass is 16.5. The molecule has 1 amide bonds. The van der Waals surface area contributed by atoms with E-state index in [1.807, 2.05) is 30.2 Å². The van der Waals surface area contributed by atoms with Crippen molar-refractivity contribution in [1.82, 2.24) is 19.6 Å². The molecule has 0 aromatic heterocycles. The van der Waals surface area contributed by atoms with Crippen LogP contribution in [-0.4, -0.2) is 84.9 Å². The quantitative estimate of drug-likeness (QED) is 0.0985. The number of fused-ring (bicyclic) bond motifs is 1. The Balaban J connectivity index is 0.00000262. The maximum Gasteiger partial charge on any atom is 0.262 e. The zero-order valence-electron chi connectivity index (χ0n) is 35.9. The van der Waals surface area contributed by atoms with E-state index in [1.54, 1.807) is 19.1 Å². The van der Waals surface area contributed by atoms with E-state index < -0.39 is 0 Å². The molecule has 0 bridgehead atoms. The number of nitrogens with zero attached hydrogens (tertiary/aromatic N) is 4. The fourth-order valence-electron chi connectivity index (χ4n) is 7.29. The van der Waals surface area contributed by atoms with Crippen LogP contribution in [-0.2, 0) is 29.1 Å². The fraction of sp³-hybridized carbons (Fsp3) is 0.511. The van der Waals surface area contributed by atoms with Gasteiger partial charge >= 0.3 is 0 Å². The van der Waals surface area contributed by atoms with Crippen LogP contribution in [0.4, 0.5) is 0 Å². The molecule has 0 N–H and O–H groups in total. The Morgan fingerprint density at radius 1 is 1.02 bits per heavy atom. The standard InChI is InChI=1S/C44H58N4O4.C3H8/c1-13-34(25-44(7,8)9)43(50)48-18-17-38-35(15-14-16-37(38)33(48)6)27-47-20-19-46(26-31(47)4)29-40-41(51-11)23-36(24-42(40)52-12)39(32(5)30(2)3)28-45(10)21-22-49;1-3-2/h1,14-16,21,23-25,28,31,33H,17-20,26-27,29H2,2-12H3;3H2,1-2H3/b34-25+,39-28+;. The molecular weight excluding hydrogens is 685 g/mol. The molecular formula is C47H66N4O4. The van der Waals surface area contributed by atoms with E-state index in [4.69, 9.17) is 15.9 Å². The monoisotopic (exact) mass is 751 g/mol. The lowest BCUT2D eigenvalue weighted by Crippen LogP contribution is -2.51. The van der Waals surface area contributed by atoms with Gasteiger partial charge in [0.25, 0.3) is 5.91 Å². The molecule has 0 radical (unpaired) electrons. The van der Waals surface area contributed by atoms with Gasteiger partial charge in [0, 0.05) is 64.1 Å². The molecule has 0 aliphatic carbocycles. The zero-order chi connectivity index (χ0) is 41.0. The molecule has 0 spiro atoms. The number of piperazine rings is 1. The maximum atomic E-state index is 13.5. The number of allylic oxidation sites excluding steroid dienone is 4. The number of rotatable bonds is 11. The van der Waals surface area contributed by atoms with Crippen molar-refractivity contribution in [2.45, 2.75) is 107 Å². The summed E-state index contributed by atoms with van der Waals surface area (Å²) < 4.78 is 12.0. The fourth-order valence-corrected chi connectivity index (χ4v) is 7.29. The van der Waals surface area contributed by atoms with Crippen LogP contribution in [0.1, 0.15) is 110 Å². The van der Waals surface area contributed by atoms with Crippen molar-refractivity contribution in [2.24, 2.45) is 5.41 Å². The van der Waals surface area contributed by atoms with Gasteiger partial charge in [-0.2, -0.15) is 0 Å². The Kier molecular flexibility index (Phi) is 16.6. The molecule has 1 fully saturated rings. The Bertz CT molecular complexity index is 1810. The number of amides is 1. The summed E-state index contributed by atoms with van der Waals surface area (Å²) >= 11 is 0. The van der Waals surface area contributed by atoms with Crippen molar-refractivity contribution >= 4 is 17.4 Å². The Morgan fingerprint density at radius 2 is 1.65 bits per heavy atom. The topological polar surface area (TPSA) is 65.6 Å². The summed E-state index contributed by atoms with van der Waals surface area (Å²) in [5.41, 5.74) is 9.39. The number of hydrogen-bond acceptors (Lipinski definition) is 7. The van der Waals surface area contributed by atoms with Gasteiger partial charge in [-0.15, -0.1) is 6.42 Å². The largest absolute Gasteiger partial charge is 0.496 e. The van der Waals surface area contributed by atoms with Crippen molar-refractivity contribution in [3.8, 4) is 23.8 Å². The van der Waals surface area contributed by atoms with Gasteiger partial charge in [0.1, 0.15) is 17.4 Å². The number of terminal acetylenes is 1. The third-order valence-corrected chi connectivity index (χ3v) is 10.3. The SMILES string of the molecule is C#C/C(=C\C(C)(C)C)C(=O)N1CCc2c(CN3CCN(Cc4c(OC)cc(/C(=C/N(C)C=C=O)C(C)=C(C)C)cc4OC)CC3C)cccc2C1C.CCC. The smallest absolute Gasteiger partial charge is 0.262 e. The van der Waals surface area contributed by atoms with Gasteiger partial charge in [-0.3, -0.25) is 14.6 Å². The van der Waals surface area contributed by atoms with Crippen LogP contribution in [0.5, 0.6) is 11.5 Å². The molecule has 298 valence electrons. The van der Waals surface area contributed by atoms with Crippen LogP contribution in [0.15, 0.2) is 65.5 Å². The Labute approximate surface area is 332 Å². The molecule has 2 atom stereocenters. The summed E-state index contributed by atoms with van der Waals surface area (Å²) in [6.45, 7) is 26.0. The lowest BCUT2D eigenvalue weighted by molar-refractivity contribution is -0.129. The molecule has 8 nitrogen and oxygen atoms in total. The van der Waals surface area contributed by atoms with E-state index in [1.165, 1.54) is 34.9 Å². The summed E-state index contributed by atoms with van der Waals surface area (Å²) in [5, 5.41) is 0. The first-order valence-electron chi connectivity index (χ1n) is 19.7. The first-order valence-corrected chi connectivity index (χ1v) is 19.7. The van der Waals surface area contributed by atoms with Crippen LogP contribution in [0.3, 0.4) is 0 Å². The zero-order valence-corrected chi connectivity index (χ0v) is 35.9. The van der Waals surface area contributed by atoms with Gasteiger partial charge < -0.3 is 19.3 Å². The van der Waals surface area contributed by atoms with Crippen molar-refractivity contribution in [2.75, 3.05) is 47.4 Å². The predicted molar refractivity (Wildman–Crippen MR) is 227 cm³/mol. The molecule has 2 aromatic carbocycles. The molecule has 2 aliphatic heterocycles. The third-order valence-electron chi connectivity index (χ3n) is 10.3. The third kappa shape index (κ3) is 11.7. The van der Waals surface area contributed by atoms with Crippen molar-refractivity contribution in [1.29, 1.82) is 0 Å². The Morgan fingerprint density at radius 3 is 2.18 bits per heavy atom. The second kappa shape index (κ2) is 20.4. The highest BCUT2D eigenvalue weighted by Gasteiger charge is 2.32. The first kappa shape index (κ1) is 44.9. The van der Waals surface area contributed by atoms with Crippen molar-refractivity contribution < 1.29 is 19.1 Å². The molecule has 2 heterocycles. The number of carbonyl (C=O) groups excluding carboxylic acids is 2. The predicted octanol–water partition coefficient (Wildman–Crippen LogP) is 8.85. The van der Waals surface area contributed by atoms with Gasteiger partial charge in [-0.05, 0) is 86.4 Å². The van der Waals surface area contributed by atoms with Crippen LogP contribution in [0.2, 0.25) is 0 Å². The summed E-state index contributed by atoms with van der Waals surface area (Å²) in [5.74, 6) is 5.99. The molecule has 1 saturated heterocycles. The molecule has 2 unspecified atom stereocenters. The van der Waals surface area contributed by atoms with E-state index in [-0.39, 0.29) is 17.4 Å². The van der Waals surface area contributed by atoms with Crippen LogP contribution >= 0.6 is 0 Å².